The minimum Gasteiger partial charge on any atom is -0.300 e. The molecule has 0 aliphatic rings. The van der Waals surface area contributed by atoms with Crippen LogP contribution in [-0.2, 0) is 21.2 Å². The summed E-state index contributed by atoms with van der Waals surface area (Å²) in [5.41, 5.74) is 2.73. The molecular weight excluding hydrogens is 456 g/mol. The summed E-state index contributed by atoms with van der Waals surface area (Å²) in [6.45, 7) is 0.441. The second-order valence-corrected chi connectivity index (χ2v) is 10.6. The van der Waals surface area contributed by atoms with Crippen LogP contribution in [0.3, 0.4) is 0 Å². The van der Waals surface area contributed by atoms with Gasteiger partial charge in [0.2, 0.25) is 10.0 Å². The van der Waals surface area contributed by atoms with Crippen LogP contribution in [-0.4, -0.2) is 25.7 Å². The Kier molecular flexibility index (Phi) is 11.1. The Bertz CT molecular complexity index is 1130. The van der Waals surface area contributed by atoms with Crippen molar-refractivity contribution in [2.75, 3.05) is 6.54 Å². The van der Waals surface area contributed by atoms with Gasteiger partial charge in [-0.05, 0) is 42.5 Å². The summed E-state index contributed by atoms with van der Waals surface area (Å²) in [6, 6.07) is 20.6. The number of unbranched alkanes of at least 4 members (excludes halogenated alkanes) is 6. The second kappa shape index (κ2) is 14.5. The molecule has 0 fully saturated rings. The molecule has 1 aromatic heterocycles. The monoisotopic (exact) mass is 492 g/mol. The standard InChI is InChI=1S/C29H36N2O3S/c32-27(21-20-25-14-13-22-30-24-25)17-9-4-2-1-3-5-12-23-31-35(33,34)29-19-11-10-18-28(29)26-15-7-6-8-16-26/h6-8,10-11,13-16,18-19,22,24,31H,1-5,9,12,17,20-21,23H2. The summed E-state index contributed by atoms with van der Waals surface area (Å²) in [7, 11) is -3.56. The van der Waals surface area contributed by atoms with E-state index in [9.17, 15) is 13.2 Å². The maximum Gasteiger partial charge on any atom is 0.241 e. The minimum absolute atomic E-state index is 0.321. The van der Waals surface area contributed by atoms with E-state index in [2.05, 4.69) is 9.71 Å². The van der Waals surface area contributed by atoms with Gasteiger partial charge in [0.1, 0.15) is 5.78 Å². The molecule has 1 heterocycles. The van der Waals surface area contributed by atoms with Gasteiger partial charge in [-0.2, -0.15) is 0 Å². The highest BCUT2D eigenvalue weighted by atomic mass is 32.2. The van der Waals surface area contributed by atoms with Crippen LogP contribution in [0.25, 0.3) is 11.1 Å². The highest BCUT2D eigenvalue weighted by Gasteiger charge is 2.18. The molecule has 0 saturated heterocycles. The van der Waals surface area contributed by atoms with Crippen LogP contribution >= 0.6 is 0 Å². The maximum atomic E-state index is 12.9. The predicted octanol–water partition coefficient (Wildman–Crippen LogP) is 6.35. The fourth-order valence-corrected chi connectivity index (χ4v) is 5.43. The molecule has 6 heteroatoms. The number of nitrogens with one attached hydrogen (secondary N) is 1. The van der Waals surface area contributed by atoms with Crippen LogP contribution in [0.5, 0.6) is 0 Å². The zero-order valence-electron chi connectivity index (χ0n) is 20.4. The number of aryl methyl sites for hydroxylation is 1. The first-order valence-electron chi connectivity index (χ1n) is 12.6. The van der Waals surface area contributed by atoms with Crippen LogP contribution in [0.4, 0.5) is 0 Å². The van der Waals surface area contributed by atoms with E-state index in [0.717, 1.165) is 68.1 Å². The fourth-order valence-electron chi connectivity index (χ4n) is 4.13. The number of ketones is 1. The lowest BCUT2D eigenvalue weighted by molar-refractivity contribution is -0.119. The summed E-state index contributed by atoms with van der Waals surface area (Å²) in [5, 5.41) is 0. The molecule has 0 amide bonds. The Morgan fingerprint density at radius 1 is 0.743 bits per heavy atom. The zero-order valence-corrected chi connectivity index (χ0v) is 21.2. The molecule has 186 valence electrons. The van der Waals surface area contributed by atoms with Crippen molar-refractivity contribution < 1.29 is 13.2 Å². The maximum absolute atomic E-state index is 12.9. The smallest absolute Gasteiger partial charge is 0.241 e. The first kappa shape index (κ1) is 26.8. The number of aromatic nitrogens is 1. The van der Waals surface area contributed by atoms with Crippen molar-refractivity contribution in [2.45, 2.75) is 69.1 Å². The molecule has 0 aliphatic heterocycles. The van der Waals surface area contributed by atoms with Gasteiger partial charge >= 0.3 is 0 Å². The number of Topliss-reactive ketones (excluding diaryl/α,β-unsaturated/α-hetero) is 1. The number of sulfonamides is 1. The zero-order chi connectivity index (χ0) is 24.8. The highest BCUT2D eigenvalue weighted by Crippen LogP contribution is 2.26. The van der Waals surface area contributed by atoms with Gasteiger partial charge in [-0.1, -0.05) is 86.7 Å². The van der Waals surface area contributed by atoms with Gasteiger partial charge in [0.15, 0.2) is 0 Å². The second-order valence-electron chi connectivity index (χ2n) is 8.88. The number of pyridine rings is 1. The topological polar surface area (TPSA) is 76.1 Å². The third-order valence-corrected chi connectivity index (χ3v) is 7.62. The Hall–Kier alpha value is -2.83. The summed E-state index contributed by atoms with van der Waals surface area (Å²) in [6.07, 6.45) is 12.7. The average Bonchev–Trinajstić information content (AvgIpc) is 2.89. The predicted molar refractivity (Wildman–Crippen MR) is 142 cm³/mol. The molecule has 0 saturated carbocycles. The lowest BCUT2D eigenvalue weighted by atomic mass is 10.0. The molecular formula is C29H36N2O3S. The molecule has 1 N–H and O–H groups in total. The van der Waals surface area contributed by atoms with Gasteiger partial charge in [-0.25, -0.2) is 13.1 Å². The number of hydrogen-bond acceptors (Lipinski definition) is 4. The first-order chi connectivity index (χ1) is 17.1. The molecule has 2 aromatic carbocycles. The number of nitrogens with zero attached hydrogens (tertiary/aromatic N) is 1. The molecule has 0 spiro atoms. The number of benzene rings is 2. The molecule has 5 nitrogen and oxygen atoms in total. The van der Waals surface area contributed by atoms with Crippen molar-refractivity contribution in [3.05, 3.63) is 84.7 Å². The van der Waals surface area contributed by atoms with Crippen molar-refractivity contribution in [1.82, 2.24) is 9.71 Å². The molecule has 0 aliphatic carbocycles. The Balaban J connectivity index is 1.25. The minimum atomic E-state index is -3.56. The molecule has 35 heavy (non-hydrogen) atoms. The molecule has 3 rings (SSSR count). The molecule has 0 atom stereocenters. The highest BCUT2D eigenvalue weighted by molar-refractivity contribution is 7.89. The van der Waals surface area contributed by atoms with E-state index in [1.807, 2.05) is 60.8 Å². The summed E-state index contributed by atoms with van der Waals surface area (Å²) in [4.78, 5) is 16.4. The van der Waals surface area contributed by atoms with Crippen LogP contribution in [0.2, 0.25) is 0 Å². The Labute approximate surface area is 210 Å². The third kappa shape index (κ3) is 9.38. The van der Waals surface area contributed by atoms with E-state index >= 15 is 0 Å². The van der Waals surface area contributed by atoms with Crippen LogP contribution in [0, 0.1) is 0 Å². The van der Waals surface area contributed by atoms with Crippen LogP contribution in [0.15, 0.2) is 84.0 Å². The van der Waals surface area contributed by atoms with Crippen molar-refractivity contribution in [3.8, 4) is 11.1 Å². The van der Waals surface area contributed by atoms with E-state index in [1.54, 1.807) is 18.3 Å². The first-order valence-corrected chi connectivity index (χ1v) is 14.1. The van der Waals surface area contributed by atoms with Crippen molar-refractivity contribution in [2.24, 2.45) is 0 Å². The SMILES string of the molecule is O=C(CCCCCCCCCNS(=O)(=O)c1ccccc1-c1ccccc1)CCc1cccnc1. The van der Waals surface area contributed by atoms with Crippen molar-refractivity contribution in [1.29, 1.82) is 0 Å². The van der Waals surface area contributed by atoms with Crippen LogP contribution < -0.4 is 4.72 Å². The number of carbonyl (C=O) groups is 1. The van der Waals surface area contributed by atoms with E-state index in [1.165, 1.54) is 0 Å². The van der Waals surface area contributed by atoms with Crippen LogP contribution in [0.1, 0.15) is 63.4 Å². The third-order valence-electron chi connectivity index (χ3n) is 6.10. The molecule has 0 unspecified atom stereocenters. The van der Waals surface area contributed by atoms with Gasteiger partial charge in [-0.15, -0.1) is 0 Å². The Morgan fingerprint density at radius 2 is 1.43 bits per heavy atom. The van der Waals surface area contributed by atoms with E-state index in [4.69, 9.17) is 0 Å². The molecule has 0 bridgehead atoms. The van der Waals surface area contributed by atoms with Gasteiger partial charge < -0.3 is 0 Å². The summed E-state index contributed by atoms with van der Waals surface area (Å²) < 4.78 is 28.5. The van der Waals surface area contributed by atoms with Crippen molar-refractivity contribution >= 4 is 15.8 Å². The fraction of sp³-hybridized carbons (Fsp3) is 0.379. The lowest BCUT2D eigenvalue weighted by Crippen LogP contribution is -2.25. The van der Waals surface area contributed by atoms with Gasteiger partial charge in [0.25, 0.3) is 0 Å². The van der Waals surface area contributed by atoms with Gasteiger partial charge in [0, 0.05) is 37.3 Å². The Morgan fingerprint density at radius 3 is 2.17 bits per heavy atom. The average molecular weight is 493 g/mol. The van der Waals surface area contributed by atoms with E-state index < -0.39 is 10.0 Å². The number of hydrogen-bond donors (Lipinski definition) is 1. The molecule has 0 radical (unpaired) electrons. The normalized spacial score (nSPS) is 11.4. The summed E-state index contributed by atoms with van der Waals surface area (Å²) in [5.74, 6) is 0.329. The quantitative estimate of drug-likeness (QED) is 0.236. The lowest BCUT2D eigenvalue weighted by Gasteiger charge is -2.12. The van der Waals surface area contributed by atoms with Gasteiger partial charge in [-0.3, -0.25) is 9.78 Å². The number of carbonyl (C=O) groups excluding carboxylic acids is 1. The summed E-state index contributed by atoms with van der Waals surface area (Å²) >= 11 is 0. The van der Waals surface area contributed by atoms with Crippen molar-refractivity contribution in [3.63, 3.8) is 0 Å². The number of rotatable bonds is 16. The molecule has 3 aromatic rings. The van der Waals surface area contributed by atoms with E-state index in [0.29, 0.717) is 30.1 Å². The van der Waals surface area contributed by atoms with Gasteiger partial charge in [0.05, 0.1) is 4.90 Å². The largest absolute Gasteiger partial charge is 0.300 e. The van der Waals surface area contributed by atoms with E-state index in [-0.39, 0.29) is 0 Å².